The van der Waals surface area contributed by atoms with Gasteiger partial charge in [0.15, 0.2) is 0 Å². The van der Waals surface area contributed by atoms with E-state index in [4.69, 9.17) is 22.9 Å². The highest BCUT2D eigenvalue weighted by Gasteiger charge is 1.97. The number of halogens is 4. The molecule has 0 bridgehead atoms. The van der Waals surface area contributed by atoms with E-state index in [-0.39, 0.29) is 49.6 Å². The molecule has 0 fully saturated rings. The number of rotatable bonds is 0. The Morgan fingerprint density at radius 3 is 0.786 bits per heavy atom. The first kappa shape index (κ1) is 23.4. The average molecular weight is 280 g/mol. The molecule has 0 aliphatic carbocycles. The van der Waals surface area contributed by atoms with E-state index in [1.54, 1.807) is 12.1 Å². The van der Waals surface area contributed by atoms with E-state index in [0.29, 0.717) is 22.7 Å². The van der Waals surface area contributed by atoms with E-state index in [9.17, 15) is 0 Å². The lowest BCUT2D eigenvalue weighted by molar-refractivity contribution is -0.00100. The Labute approximate surface area is 107 Å². The van der Waals surface area contributed by atoms with Crippen molar-refractivity contribution < 1.29 is 49.6 Å². The Balaban J connectivity index is -0.000000125. The molecule has 0 aromatic heterocycles. The molecule has 0 radical (unpaired) electrons. The molecule has 0 saturated carbocycles. The zero-order chi connectivity index (χ0) is 7.72. The molecule has 0 aliphatic rings. The fourth-order valence-corrected chi connectivity index (χ4v) is 0.668. The molecule has 14 heavy (non-hydrogen) atoms. The Morgan fingerprint density at radius 1 is 0.500 bits per heavy atom. The minimum Gasteiger partial charge on any atom is -1.00 e. The van der Waals surface area contributed by atoms with Crippen LogP contribution >= 0.6 is 0 Å². The second kappa shape index (κ2) is 9.15. The number of nitrogen functional groups attached to an aromatic ring is 4. The molecule has 4 nitrogen and oxygen atoms in total. The Kier molecular flexibility index (Phi) is 15.3. The quantitative estimate of drug-likeness (QED) is 0.354. The van der Waals surface area contributed by atoms with Gasteiger partial charge in [0.25, 0.3) is 0 Å². The minimum atomic E-state index is 0. The fraction of sp³-hybridized carbons (Fsp3) is 0. The van der Waals surface area contributed by atoms with Gasteiger partial charge in [0.2, 0.25) is 0 Å². The Hall–Kier alpha value is -0.420. The molecule has 0 unspecified atom stereocenters. The predicted octanol–water partition coefficient (Wildman–Crippen LogP) is -12.0. The van der Waals surface area contributed by atoms with Crippen LogP contribution in [0.5, 0.6) is 0 Å². The summed E-state index contributed by atoms with van der Waals surface area (Å²) in [6, 6.07) is 3.09. The SMILES string of the molecule is Nc1cc(N)c(N)cc1N.[Cl-].[Cl-].[Cl-].[Cl-]. The van der Waals surface area contributed by atoms with Crippen molar-refractivity contribution in [3.8, 4) is 0 Å². The lowest BCUT2D eigenvalue weighted by atomic mass is 10.2. The van der Waals surface area contributed by atoms with Gasteiger partial charge >= 0.3 is 0 Å². The Bertz CT molecular complexity index is 218. The van der Waals surface area contributed by atoms with E-state index in [1.807, 2.05) is 0 Å². The largest absolute Gasteiger partial charge is 1.00 e. The molecular weight excluding hydrogens is 270 g/mol. The molecule has 0 heterocycles. The standard InChI is InChI=1S/C6H10N4.4ClH/c7-3-1-4(8)6(10)2-5(3)9;;;;/h1-2H,7-10H2;4*1H/p-4. The molecule has 1 rings (SSSR count). The van der Waals surface area contributed by atoms with Gasteiger partial charge in [-0.05, 0) is 12.1 Å². The summed E-state index contributed by atoms with van der Waals surface area (Å²) in [5.74, 6) is 0. The average Bonchev–Trinajstić information content (AvgIpc) is 1.84. The van der Waals surface area contributed by atoms with Gasteiger partial charge in [0.1, 0.15) is 0 Å². The van der Waals surface area contributed by atoms with Gasteiger partial charge in [-0.15, -0.1) is 0 Å². The van der Waals surface area contributed by atoms with Crippen molar-refractivity contribution in [1.82, 2.24) is 0 Å². The maximum absolute atomic E-state index is 5.43. The third kappa shape index (κ3) is 5.34. The monoisotopic (exact) mass is 278 g/mol. The third-order valence-corrected chi connectivity index (χ3v) is 1.29. The van der Waals surface area contributed by atoms with Crippen LogP contribution in [0, 0.1) is 0 Å². The molecule has 0 aliphatic heterocycles. The zero-order valence-electron chi connectivity index (χ0n) is 6.98. The number of nitrogens with two attached hydrogens (primary N) is 4. The smallest absolute Gasteiger partial charge is 0.0570 e. The van der Waals surface area contributed by atoms with E-state index in [0.717, 1.165) is 0 Å². The highest BCUT2D eigenvalue weighted by atomic mass is 35.5. The van der Waals surface area contributed by atoms with E-state index in [1.165, 1.54) is 0 Å². The lowest BCUT2D eigenvalue weighted by Gasteiger charge is -2.03. The number of anilines is 4. The van der Waals surface area contributed by atoms with Crippen LogP contribution in [-0.4, -0.2) is 0 Å². The topological polar surface area (TPSA) is 104 Å². The lowest BCUT2D eigenvalue weighted by Crippen LogP contribution is -3.00. The molecule has 8 heteroatoms. The number of hydrogen-bond donors (Lipinski definition) is 4. The van der Waals surface area contributed by atoms with Crippen molar-refractivity contribution in [1.29, 1.82) is 0 Å². The summed E-state index contributed by atoms with van der Waals surface area (Å²) >= 11 is 0. The summed E-state index contributed by atoms with van der Waals surface area (Å²) in [4.78, 5) is 0. The van der Waals surface area contributed by atoms with Crippen molar-refractivity contribution in [3.63, 3.8) is 0 Å². The summed E-state index contributed by atoms with van der Waals surface area (Å²) in [6.07, 6.45) is 0. The molecule has 0 atom stereocenters. The predicted molar refractivity (Wildman–Crippen MR) is 44.1 cm³/mol. The van der Waals surface area contributed by atoms with Gasteiger partial charge in [-0.3, -0.25) is 0 Å². The molecule has 0 spiro atoms. The minimum absolute atomic E-state index is 0. The van der Waals surface area contributed by atoms with Crippen LogP contribution in [-0.2, 0) is 0 Å². The van der Waals surface area contributed by atoms with Crippen molar-refractivity contribution >= 4 is 22.7 Å². The van der Waals surface area contributed by atoms with Crippen LogP contribution in [0.25, 0.3) is 0 Å². The summed E-state index contributed by atoms with van der Waals surface area (Å²) < 4.78 is 0. The maximum atomic E-state index is 5.43. The van der Waals surface area contributed by atoms with Gasteiger partial charge < -0.3 is 72.6 Å². The van der Waals surface area contributed by atoms with Crippen molar-refractivity contribution in [3.05, 3.63) is 12.1 Å². The fourth-order valence-electron chi connectivity index (χ4n) is 0.668. The van der Waals surface area contributed by atoms with Crippen molar-refractivity contribution in [2.45, 2.75) is 0 Å². The van der Waals surface area contributed by atoms with Crippen LogP contribution in [0.3, 0.4) is 0 Å². The molecule has 0 saturated heterocycles. The van der Waals surface area contributed by atoms with Gasteiger partial charge in [-0.25, -0.2) is 0 Å². The number of benzene rings is 1. The summed E-state index contributed by atoms with van der Waals surface area (Å²) in [7, 11) is 0. The van der Waals surface area contributed by atoms with E-state index < -0.39 is 0 Å². The maximum Gasteiger partial charge on any atom is 0.0570 e. The molecule has 1 aromatic rings. The first-order valence-corrected chi connectivity index (χ1v) is 2.81. The first-order chi connectivity index (χ1) is 4.61. The van der Waals surface area contributed by atoms with E-state index in [2.05, 4.69) is 0 Å². The van der Waals surface area contributed by atoms with Crippen LogP contribution in [0.4, 0.5) is 22.7 Å². The third-order valence-electron chi connectivity index (χ3n) is 1.29. The van der Waals surface area contributed by atoms with Crippen molar-refractivity contribution in [2.24, 2.45) is 0 Å². The highest BCUT2D eigenvalue weighted by Crippen LogP contribution is 2.23. The first-order valence-electron chi connectivity index (χ1n) is 2.81. The highest BCUT2D eigenvalue weighted by molar-refractivity contribution is 5.78. The summed E-state index contributed by atoms with van der Waals surface area (Å²) in [6.45, 7) is 0. The van der Waals surface area contributed by atoms with Gasteiger partial charge in [-0.2, -0.15) is 0 Å². The van der Waals surface area contributed by atoms with Crippen LogP contribution in [0.2, 0.25) is 0 Å². The molecule has 8 N–H and O–H groups in total. The van der Waals surface area contributed by atoms with E-state index >= 15 is 0 Å². The normalized spacial score (nSPS) is 6.86. The van der Waals surface area contributed by atoms with Crippen LogP contribution in [0.1, 0.15) is 0 Å². The van der Waals surface area contributed by atoms with Gasteiger partial charge in [0, 0.05) is 0 Å². The Morgan fingerprint density at radius 2 is 0.643 bits per heavy atom. The van der Waals surface area contributed by atoms with Crippen LogP contribution < -0.4 is 72.6 Å². The molecule has 0 amide bonds. The molecule has 86 valence electrons. The second-order valence-electron chi connectivity index (χ2n) is 2.11. The van der Waals surface area contributed by atoms with Gasteiger partial charge in [-0.1, -0.05) is 0 Å². The van der Waals surface area contributed by atoms with Crippen LogP contribution in [0.15, 0.2) is 12.1 Å². The van der Waals surface area contributed by atoms with Crippen molar-refractivity contribution in [2.75, 3.05) is 22.9 Å². The van der Waals surface area contributed by atoms with Gasteiger partial charge in [0.05, 0.1) is 22.7 Å². The number of hydrogen-bond acceptors (Lipinski definition) is 4. The summed E-state index contributed by atoms with van der Waals surface area (Å²) in [5, 5.41) is 0. The second-order valence-corrected chi connectivity index (χ2v) is 2.11. The molecule has 1 aromatic carbocycles. The zero-order valence-corrected chi connectivity index (χ0v) is 10.00. The molecular formula is C6H10Cl4N4-4. The summed E-state index contributed by atoms with van der Waals surface area (Å²) in [5.41, 5.74) is 23.6.